The van der Waals surface area contributed by atoms with Gasteiger partial charge in [-0.3, -0.25) is 10.3 Å². The molecule has 0 radical (unpaired) electrons. The van der Waals surface area contributed by atoms with E-state index in [9.17, 15) is 4.79 Å². The molecule has 6 nitrogen and oxygen atoms in total. The largest absolute Gasteiger partial charge is 0.324 e. The topological polar surface area (TPSA) is 79.8 Å². The summed E-state index contributed by atoms with van der Waals surface area (Å²) in [4.78, 5) is 17.4. The van der Waals surface area contributed by atoms with E-state index in [1.165, 1.54) is 5.56 Å². The van der Waals surface area contributed by atoms with E-state index in [1.54, 1.807) is 18.3 Å². The molecule has 0 saturated carbocycles. The van der Waals surface area contributed by atoms with E-state index in [0.717, 1.165) is 33.1 Å². The molecule has 2 N–H and O–H groups in total. The number of nitrogens with one attached hydrogen (secondary N) is 2. The van der Waals surface area contributed by atoms with Crippen LogP contribution in [-0.4, -0.2) is 20.6 Å². The predicted octanol–water partition coefficient (Wildman–Crippen LogP) is 5.59. The van der Waals surface area contributed by atoms with Crippen LogP contribution in [0.25, 0.3) is 21.6 Å². The number of hydrogen-bond acceptors (Lipinski definition) is 6. The van der Waals surface area contributed by atoms with Crippen molar-refractivity contribution in [2.75, 3.05) is 10.6 Å². The number of hydrogen-bond donors (Lipinski definition) is 2. The molecule has 0 aliphatic rings. The molecule has 2 aromatic carbocycles. The molecular formula is C20H17N5OS2. The summed E-state index contributed by atoms with van der Waals surface area (Å²) in [6.07, 6.45) is 1.88. The van der Waals surface area contributed by atoms with Crippen LogP contribution in [0.15, 0.2) is 54.2 Å². The summed E-state index contributed by atoms with van der Waals surface area (Å²) in [5, 5.41) is 10.1. The van der Waals surface area contributed by atoms with E-state index >= 15 is 0 Å². The van der Waals surface area contributed by atoms with E-state index in [0.29, 0.717) is 16.4 Å². The minimum atomic E-state index is -0.315. The van der Waals surface area contributed by atoms with Crippen LogP contribution in [0.3, 0.4) is 0 Å². The fraction of sp³-hybridized carbons (Fsp3) is 0.100. The molecule has 0 unspecified atom stereocenters. The van der Waals surface area contributed by atoms with E-state index < -0.39 is 0 Å². The van der Waals surface area contributed by atoms with Crippen molar-refractivity contribution in [2.45, 2.75) is 13.8 Å². The molecule has 2 heterocycles. The van der Waals surface area contributed by atoms with Gasteiger partial charge in [0, 0.05) is 23.4 Å². The number of nitrogens with zero attached hydrogens (tertiary/aromatic N) is 3. The molecule has 4 rings (SSSR count). The number of anilines is 2. The normalized spacial score (nSPS) is 10.6. The highest BCUT2D eigenvalue weighted by Crippen LogP contribution is 2.31. The van der Waals surface area contributed by atoms with Gasteiger partial charge < -0.3 is 5.32 Å². The van der Waals surface area contributed by atoms with Crippen LogP contribution in [0, 0.1) is 13.8 Å². The first-order valence-electron chi connectivity index (χ1n) is 8.57. The smallest absolute Gasteiger partial charge is 0.308 e. The highest BCUT2D eigenvalue weighted by atomic mass is 32.1. The first-order chi connectivity index (χ1) is 13.6. The first kappa shape index (κ1) is 18.3. The molecule has 2 amide bonds. The van der Waals surface area contributed by atoms with Crippen molar-refractivity contribution in [1.29, 1.82) is 0 Å². The SMILES string of the molecule is Cc1ccc(-c2cncs2)cc1-c1ccc(NC(=O)Nc2snnc2C)cc1. The number of benzene rings is 2. The molecule has 0 bridgehead atoms. The molecule has 8 heteroatoms. The van der Waals surface area contributed by atoms with E-state index in [2.05, 4.69) is 50.3 Å². The van der Waals surface area contributed by atoms with Crippen LogP contribution in [0.5, 0.6) is 0 Å². The molecule has 140 valence electrons. The van der Waals surface area contributed by atoms with Crippen molar-refractivity contribution in [1.82, 2.24) is 14.6 Å². The fourth-order valence-electron chi connectivity index (χ4n) is 2.79. The summed E-state index contributed by atoms with van der Waals surface area (Å²) in [6, 6.07) is 13.9. The summed E-state index contributed by atoms with van der Waals surface area (Å²) in [6.45, 7) is 3.90. The average molecular weight is 408 g/mol. The Morgan fingerprint density at radius 1 is 1.00 bits per heavy atom. The molecule has 2 aromatic heterocycles. The Kier molecular flexibility index (Phi) is 5.14. The van der Waals surface area contributed by atoms with Gasteiger partial charge >= 0.3 is 6.03 Å². The minimum Gasteiger partial charge on any atom is -0.308 e. The molecule has 0 aliphatic heterocycles. The van der Waals surface area contributed by atoms with Crippen LogP contribution in [0.4, 0.5) is 15.5 Å². The van der Waals surface area contributed by atoms with E-state index in [-0.39, 0.29) is 6.03 Å². The standard InChI is InChI=1S/C20H17N5OS2/c1-12-3-4-15(18-10-21-11-27-18)9-17(12)14-5-7-16(8-6-14)22-20(26)23-19-13(2)24-25-28-19/h3-11H,1-2H3,(H2,22,23,26). The summed E-state index contributed by atoms with van der Waals surface area (Å²) in [5.74, 6) is 0. The zero-order valence-corrected chi connectivity index (χ0v) is 16.9. The quantitative estimate of drug-likeness (QED) is 0.462. The van der Waals surface area contributed by atoms with Crippen molar-refractivity contribution >= 4 is 39.6 Å². The van der Waals surface area contributed by atoms with Crippen LogP contribution in [0.2, 0.25) is 0 Å². The Morgan fingerprint density at radius 2 is 1.79 bits per heavy atom. The Hall–Kier alpha value is -3.10. The highest BCUT2D eigenvalue weighted by molar-refractivity contribution is 7.13. The van der Waals surface area contributed by atoms with Gasteiger partial charge in [0.25, 0.3) is 0 Å². The third-order valence-electron chi connectivity index (χ3n) is 4.29. The highest BCUT2D eigenvalue weighted by Gasteiger charge is 2.09. The molecule has 0 aliphatic carbocycles. The Morgan fingerprint density at radius 3 is 2.46 bits per heavy atom. The monoisotopic (exact) mass is 407 g/mol. The summed E-state index contributed by atoms with van der Waals surface area (Å²) < 4.78 is 3.81. The van der Waals surface area contributed by atoms with Crippen LogP contribution < -0.4 is 10.6 Å². The van der Waals surface area contributed by atoms with Gasteiger partial charge in [-0.2, -0.15) is 0 Å². The molecule has 0 atom stereocenters. The number of thiazole rings is 1. The number of urea groups is 1. The fourth-order valence-corrected chi connectivity index (χ4v) is 3.97. The molecule has 0 saturated heterocycles. The third-order valence-corrected chi connectivity index (χ3v) is 5.85. The number of amides is 2. The maximum atomic E-state index is 12.1. The van der Waals surface area contributed by atoms with Gasteiger partial charge in [0.1, 0.15) is 5.00 Å². The lowest BCUT2D eigenvalue weighted by Gasteiger charge is -2.10. The second-order valence-corrected chi connectivity index (χ2v) is 7.88. The van der Waals surface area contributed by atoms with Gasteiger partial charge in [-0.05, 0) is 54.3 Å². The number of carbonyl (C=O) groups excluding carboxylic acids is 1. The van der Waals surface area contributed by atoms with Crippen LogP contribution >= 0.6 is 22.9 Å². The minimum absolute atomic E-state index is 0.315. The lowest BCUT2D eigenvalue weighted by molar-refractivity contribution is 0.262. The number of carbonyl (C=O) groups is 1. The molecule has 0 spiro atoms. The Labute approximate surface area is 170 Å². The van der Waals surface area contributed by atoms with Gasteiger partial charge in [0.05, 0.1) is 16.1 Å². The van der Waals surface area contributed by atoms with Crippen molar-refractivity contribution < 1.29 is 4.79 Å². The second-order valence-electron chi connectivity index (χ2n) is 6.24. The van der Waals surface area contributed by atoms with Gasteiger partial charge in [0.2, 0.25) is 0 Å². The zero-order valence-electron chi connectivity index (χ0n) is 15.3. The predicted molar refractivity (Wildman–Crippen MR) is 115 cm³/mol. The molecule has 4 aromatic rings. The molecular weight excluding hydrogens is 390 g/mol. The lowest BCUT2D eigenvalue weighted by atomic mass is 9.97. The maximum absolute atomic E-state index is 12.1. The molecule has 0 fully saturated rings. The Bertz CT molecular complexity index is 1100. The Balaban J connectivity index is 1.51. The number of aromatic nitrogens is 3. The summed E-state index contributed by atoms with van der Waals surface area (Å²) in [5.41, 5.74) is 7.85. The third kappa shape index (κ3) is 3.92. The van der Waals surface area contributed by atoms with Gasteiger partial charge in [-0.25, -0.2) is 4.79 Å². The zero-order chi connectivity index (χ0) is 19.5. The van der Waals surface area contributed by atoms with Gasteiger partial charge in [-0.15, -0.1) is 16.4 Å². The van der Waals surface area contributed by atoms with Crippen molar-refractivity contribution in [3.63, 3.8) is 0 Å². The maximum Gasteiger partial charge on any atom is 0.324 e. The van der Waals surface area contributed by atoms with Gasteiger partial charge in [-0.1, -0.05) is 28.8 Å². The first-order valence-corrected chi connectivity index (χ1v) is 10.2. The van der Waals surface area contributed by atoms with E-state index in [1.807, 2.05) is 36.0 Å². The summed E-state index contributed by atoms with van der Waals surface area (Å²) in [7, 11) is 0. The molecule has 28 heavy (non-hydrogen) atoms. The number of aryl methyl sites for hydroxylation is 2. The lowest BCUT2D eigenvalue weighted by Crippen LogP contribution is -2.19. The van der Waals surface area contributed by atoms with Crippen molar-refractivity contribution in [3.8, 4) is 21.6 Å². The van der Waals surface area contributed by atoms with E-state index in [4.69, 9.17) is 0 Å². The average Bonchev–Trinajstić information content (AvgIpc) is 3.36. The van der Waals surface area contributed by atoms with Crippen molar-refractivity contribution in [3.05, 3.63) is 65.4 Å². The second kappa shape index (κ2) is 7.87. The number of rotatable bonds is 4. The van der Waals surface area contributed by atoms with Crippen molar-refractivity contribution in [2.24, 2.45) is 0 Å². The van der Waals surface area contributed by atoms with Crippen LogP contribution in [0.1, 0.15) is 11.3 Å². The van der Waals surface area contributed by atoms with Crippen LogP contribution in [-0.2, 0) is 0 Å². The summed E-state index contributed by atoms with van der Waals surface area (Å²) >= 11 is 2.78. The van der Waals surface area contributed by atoms with Gasteiger partial charge in [0.15, 0.2) is 0 Å².